The number of hydrogen-bond donors (Lipinski definition) is 0. The number of amides is 1. The maximum atomic E-state index is 12.4. The predicted molar refractivity (Wildman–Crippen MR) is 72.1 cm³/mol. The Kier molecular flexibility index (Phi) is 4.33. The molecular weight excluding hydrogens is 210 g/mol. The Morgan fingerprint density at radius 3 is 2.12 bits per heavy atom. The number of nitrogens with zero attached hydrogens (tertiary/aromatic N) is 1. The quantitative estimate of drug-likeness (QED) is 0.781. The largest absolute Gasteiger partial charge is 0.336 e. The second-order valence-corrected chi connectivity index (χ2v) is 5.95. The Morgan fingerprint density at radius 1 is 1.18 bits per heavy atom. The Morgan fingerprint density at radius 2 is 1.71 bits per heavy atom. The van der Waals surface area contributed by atoms with Crippen molar-refractivity contribution in [2.45, 2.75) is 40.7 Å². The van der Waals surface area contributed by atoms with E-state index in [2.05, 4.69) is 34.6 Å². The van der Waals surface area contributed by atoms with Crippen molar-refractivity contribution in [2.24, 2.45) is 5.41 Å². The van der Waals surface area contributed by atoms with Gasteiger partial charge >= 0.3 is 0 Å². The standard InChI is InChI=1S/C15H23NO/c1-12(2)16(11-15(3,4)5)14(17)13-9-7-6-8-10-13/h6-10,12H,11H2,1-5H3. The highest BCUT2D eigenvalue weighted by Gasteiger charge is 2.23. The third kappa shape index (κ3) is 4.22. The van der Waals surface area contributed by atoms with Gasteiger partial charge < -0.3 is 4.90 Å². The van der Waals surface area contributed by atoms with Crippen LogP contribution in [0.5, 0.6) is 0 Å². The van der Waals surface area contributed by atoms with Crippen LogP contribution in [0.3, 0.4) is 0 Å². The van der Waals surface area contributed by atoms with Crippen LogP contribution < -0.4 is 0 Å². The summed E-state index contributed by atoms with van der Waals surface area (Å²) in [7, 11) is 0. The molecule has 0 N–H and O–H groups in total. The van der Waals surface area contributed by atoms with Gasteiger partial charge in [-0.05, 0) is 31.4 Å². The molecule has 1 rings (SSSR count). The van der Waals surface area contributed by atoms with Crippen LogP contribution in [0.25, 0.3) is 0 Å². The van der Waals surface area contributed by atoms with Crippen LogP contribution >= 0.6 is 0 Å². The van der Waals surface area contributed by atoms with Crippen molar-refractivity contribution in [1.82, 2.24) is 4.90 Å². The van der Waals surface area contributed by atoms with Gasteiger partial charge in [-0.15, -0.1) is 0 Å². The maximum Gasteiger partial charge on any atom is 0.254 e. The molecular formula is C15H23NO. The fourth-order valence-electron chi connectivity index (χ4n) is 1.75. The molecule has 0 heterocycles. The van der Waals surface area contributed by atoms with E-state index in [1.807, 2.05) is 35.2 Å². The molecule has 1 aromatic carbocycles. The Labute approximate surface area is 105 Å². The van der Waals surface area contributed by atoms with Gasteiger partial charge in [0.15, 0.2) is 0 Å². The van der Waals surface area contributed by atoms with Crippen LogP contribution in [0.2, 0.25) is 0 Å². The fourth-order valence-corrected chi connectivity index (χ4v) is 1.75. The van der Waals surface area contributed by atoms with Crippen molar-refractivity contribution < 1.29 is 4.79 Å². The first-order valence-corrected chi connectivity index (χ1v) is 6.17. The second kappa shape index (κ2) is 5.35. The number of benzene rings is 1. The monoisotopic (exact) mass is 233 g/mol. The van der Waals surface area contributed by atoms with Gasteiger partial charge in [-0.2, -0.15) is 0 Å². The van der Waals surface area contributed by atoms with Gasteiger partial charge in [-0.1, -0.05) is 39.0 Å². The van der Waals surface area contributed by atoms with E-state index in [4.69, 9.17) is 0 Å². The van der Waals surface area contributed by atoms with Gasteiger partial charge in [0.2, 0.25) is 0 Å². The molecule has 2 heteroatoms. The van der Waals surface area contributed by atoms with Crippen LogP contribution in [0, 0.1) is 5.41 Å². The summed E-state index contributed by atoms with van der Waals surface area (Å²) in [5.41, 5.74) is 0.889. The topological polar surface area (TPSA) is 20.3 Å². The third-order valence-electron chi connectivity index (χ3n) is 2.55. The lowest BCUT2D eigenvalue weighted by atomic mass is 9.95. The first-order valence-electron chi connectivity index (χ1n) is 6.17. The van der Waals surface area contributed by atoms with Gasteiger partial charge in [0.1, 0.15) is 0 Å². The normalized spacial score (nSPS) is 11.6. The zero-order chi connectivity index (χ0) is 13.1. The average molecular weight is 233 g/mol. The maximum absolute atomic E-state index is 12.4. The van der Waals surface area contributed by atoms with Crippen molar-refractivity contribution in [3.63, 3.8) is 0 Å². The Hall–Kier alpha value is -1.31. The lowest BCUT2D eigenvalue weighted by molar-refractivity contribution is 0.0632. The zero-order valence-corrected chi connectivity index (χ0v) is 11.5. The van der Waals surface area contributed by atoms with E-state index >= 15 is 0 Å². The highest BCUT2D eigenvalue weighted by Crippen LogP contribution is 2.19. The molecule has 1 aromatic rings. The average Bonchev–Trinajstić information content (AvgIpc) is 2.25. The van der Waals surface area contributed by atoms with E-state index < -0.39 is 0 Å². The highest BCUT2D eigenvalue weighted by molar-refractivity contribution is 5.94. The summed E-state index contributed by atoms with van der Waals surface area (Å²) in [4.78, 5) is 14.3. The summed E-state index contributed by atoms with van der Waals surface area (Å²) in [6, 6.07) is 9.72. The smallest absolute Gasteiger partial charge is 0.254 e. The first kappa shape index (κ1) is 13.8. The molecule has 0 aliphatic rings. The lowest BCUT2D eigenvalue weighted by Crippen LogP contribution is -2.42. The van der Waals surface area contributed by atoms with E-state index in [0.717, 1.165) is 12.1 Å². The molecule has 0 unspecified atom stereocenters. The molecule has 17 heavy (non-hydrogen) atoms. The number of carbonyl (C=O) groups is 1. The molecule has 0 radical (unpaired) electrons. The van der Waals surface area contributed by atoms with Gasteiger partial charge in [-0.3, -0.25) is 4.79 Å². The number of rotatable bonds is 3. The molecule has 0 saturated heterocycles. The van der Waals surface area contributed by atoms with Crippen LogP contribution in [0.4, 0.5) is 0 Å². The number of hydrogen-bond acceptors (Lipinski definition) is 1. The third-order valence-corrected chi connectivity index (χ3v) is 2.55. The second-order valence-electron chi connectivity index (χ2n) is 5.95. The molecule has 0 spiro atoms. The summed E-state index contributed by atoms with van der Waals surface area (Å²) in [6.45, 7) is 11.4. The summed E-state index contributed by atoms with van der Waals surface area (Å²) < 4.78 is 0. The molecule has 0 saturated carbocycles. The van der Waals surface area contributed by atoms with Gasteiger partial charge in [-0.25, -0.2) is 0 Å². The van der Waals surface area contributed by atoms with E-state index in [9.17, 15) is 4.79 Å². The molecule has 0 aromatic heterocycles. The summed E-state index contributed by atoms with van der Waals surface area (Å²) in [5.74, 6) is 0.121. The van der Waals surface area contributed by atoms with Gasteiger partial charge in [0.25, 0.3) is 5.91 Å². The van der Waals surface area contributed by atoms with E-state index in [0.29, 0.717) is 0 Å². The predicted octanol–water partition coefficient (Wildman–Crippen LogP) is 3.58. The molecule has 2 nitrogen and oxygen atoms in total. The summed E-state index contributed by atoms with van der Waals surface area (Å²) in [6.07, 6.45) is 0. The summed E-state index contributed by atoms with van der Waals surface area (Å²) >= 11 is 0. The first-order chi connectivity index (χ1) is 7.81. The van der Waals surface area contributed by atoms with Crippen LogP contribution in [-0.2, 0) is 0 Å². The van der Waals surface area contributed by atoms with E-state index in [1.54, 1.807) is 0 Å². The zero-order valence-electron chi connectivity index (χ0n) is 11.5. The molecule has 94 valence electrons. The Bertz CT molecular complexity index is 362. The van der Waals surface area contributed by atoms with Crippen molar-refractivity contribution in [3.8, 4) is 0 Å². The van der Waals surface area contributed by atoms with Crippen molar-refractivity contribution in [1.29, 1.82) is 0 Å². The summed E-state index contributed by atoms with van der Waals surface area (Å²) in [5, 5.41) is 0. The highest BCUT2D eigenvalue weighted by atomic mass is 16.2. The van der Waals surface area contributed by atoms with Crippen molar-refractivity contribution in [2.75, 3.05) is 6.54 Å². The molecule has 0 aliphatic carbocycles. The molecule has 0 fully saturated rings. The fraction of sp³-hybridized carbons (Fsp3) is 0.533. The molecule has 0 atom stereocenters. The van der Waals surface area contributed by atoms with Crippen LogP contribution in [0.15, 0.2) is 30.3 Å². The van der Waals surface area contributed by atoms with Gasteiger partial charge in [0.05, 0.1) is 0 Å². The minimum atomic E-state index is 0.120. The van der Waals surface area contributed by atoms with Gasteiger partial charge in [0, 0.05) is 18.2 Å². The molecule has 0 bridgehead atoms. The minimum Gasteiger partial charge on any atom is -0.336 e. The van der Waals surface area contributed by atoms with E-state index in [1.165, 1.54) is 0 Å². The van der Waals surface area contributed by atoms with Crippen LogP contribution in [0.1, 0.15) is 45.0 Å². The van der Waals surface area contributed by atoms with E-state index in [-0.39, 0.29) is 17.4 Å². The SMILES string of the molecule is CC(C)N(CC(C)(C)C)C(=O)c1ccccc1. The molecule has 1 amide bonds. The number of carbonyl (C=O) groups excluding carboxylic acids is 1. The Balaban J connectivity index is 2.89. The van der Waals surface area contributed by atoms with Crippen molar-refractivity contribution >= 4 is 5.91 Å². The van der Waals surface area contributed by atoms with Crippen molar-refractivity contribution in [3.05, 3.63) is 35.9 Å². The molecule has 0 aliphatic heterocycles. The van der Waals surface area contributed by atoms with Crippen LogP contribution in [-0.4, -0.2) is 23.4 Å². The lowest BCUT2D eigenvalue weighted by Gasteiger charge is -2.33. The minimum absolute atomic E-state index is 0.120.